The van der Waals surface area contributed by atoms with Crippen LogP contribution >= 0.6 is 12.4 Å². The van der Waals surface area contributed by atoms with E-state index in [0.29, 0.717) is 24.3 Å². The lowest BCUT2D eigenvalue weighted by Gasteiger charge is -2.13. The lowest BCUT2D eigenvalue weighted by molar-refractivity contribution is -0.116. The van der Waals surface area contributed by atoms with E-state index >= 15 is 0 Å². The average molecular weight is 412 g/mol. The number of amides is 1. The average Bonchev–Trinajstić information content (AvgIpc) is 2.64. The smallest absolute Gasteiger partial charge is 0.261 e. The maximum absolute atomic E-state index is 12.5. The van der Waals surface area contributed by atoms with Crippen molar-refractivity contribution in [1.82, 2.24) is 0 Å². The molecule has 8 heteroatoms. The molecule has 6 nitrogen and oxygen atoms in total. The van der Waals surface area contributed by atoms with E-state index in [1.165, 1.54) is 12.1 Å². The zero-order valence-corrected chi connectivity index (χ0v) is 16.7. The summed E-state index contributed by atoms with van der Waals surface area (Å²) in [5, 5.41) is 2.78. The van der Waals surface area contributed by atoms with Crippen LogP contribution in [0.5, 0.6) is 0 Å². The highest BCUT2D eigenvalue weighted by molar-refractivity contribution is 7.92. The zero-order chi connectivity index (χ0) is 18.8. The molecule has 0 aliphatic heterocycles. The number of halogens is 1. The van der Waals surface area contributed by atoms with E-state index in [4.69, 9.17) is 5.73 Å². The Morgan fingerprint density at radius 2 is 1.44 bits per heavy atom. The number of nitrogens with two attached hydrogens (primary N) is 1. The molecule has 0 aliphatic carbocycles. The van der Waals surface area contributed by atoms with Crippen LogP contribution in [0.2, 0.25) is 0 Å². The number of nitrogens with one attached hydrogen (secondary N) is 2. The van der Waals surface area contributed by atoms with Crippen molar-refractivity contribution >= 4 is 39.7 Å². The highest BCUT2D eigenvalue weighted by atomic mass is 35.5. The summed E-state index contributed by atoms with van der Waals surface area (Å²) in [5.41, 5.74) is 6.23. The van der Waals surface area contributed by atoms with Gasteiger partial charge in [-0.15, -0.1) is 12.4 Å². The molecule has 0 fully saturated rings. The number of hydrogen-bond acceptors (Lipinski definition) is 4. The number of anilines is 2. The first-order valence-corrected chi connectivity index (χ1v) is 10.2. The Morgan fingerprint density at radius 3 is 2.11 bits per heavy atom. The number of benzene rings is 2. The molecule has 0 bridgehead atoms. The van der Waals surface area contributed by atoms with E-state index in [-0.39, 0.29) is 23.2 Å². The number of para-hydroxylation sites is 2. The summed E-state index contributed by atoms with van der Waals surface area (Å²) >= 11 is 0. The van der Waals surface area contributed by atoms with Crippen molar-refractivity contribution in [3.63, 3.8) is 0 Å². The summed E-state index contributed by atoms with van der Waals surface area (Å²) in [6, 6.07) is 14.9. The van der Waals surface area contributed by atoms with Gasteiger partial charge < -0.3 is 11.1 Å². The van der Waals surface area contributed by atoms with E-state index in [0.717, 1.165) is 25.7 Å². The highest BCUT2D eigenvalue weighted by Crippen LogP contribution is 2.24. The summed E-state index contributed by atoms with van der Waals surface area (Å²) in [6.07, 6.45) is 4.10. The SMILES string of the molecule is Cl.NCCCCCCC(=O)Nc1ccccc1NS(=O)(=O)c1ccccc1. The third-order valence-corrected chi connectivity index (χ3v) is 5.24. The van der Waals surface area contributed by atoms with Crippen LogP contribution in [0.15, 0.2) is 59.5 Å². The van der Waals surface area contributed by atoms with E-state index in [2.05, 4.69) is 10.0 Å². The fraction of sp³-hybridized carbons (Fsp3) is 0.316. The van der Waals surface area contributed by atoms with Crippen molar-refractivity contribution in [1.29, 1.82) is 0 Å². The molecule has 0 heterocycles. The van der Waals surface area contributed by atoms with Crippen LogP contribution in [0.4, 0.5) is 11.4 Å². The molecule has 0 unspecified atom stereocenters. The number of carbonyl (C=O) groups excluding carboxylic acids is 1. The second kappa shape index (κ2) is 11.6. The lowest BCUT2D eigenvalue weighted by atomic mass is 10.1. The standard InChI is InChI=1S/C19H25N3O3S.ClH/c20-15-9-2-1-6-14-19(23)21-17-12-7-8-13-18(17)22-26(24,25)16-10-4-3-5-11-16;/h3-5,7-8,10-13,22H,1-2,6,9,14-15,20H2,(H,21,23);1H. The topological polar surface area (TPSA) is 101 Å². The van der Waals surface area contributed by atoms with Crippen molar-refractivity contribution < 1.29 is 13.2 Å². The fourth-order valence-electron chi connectivity index (χ4n) is 2.48. The van der Waals surface area contributed by atoms with E-state index in [1.54, 1.807) is 42.5 Å². The first-order chi connectivity index (χ1) is 12.5. The number of unbranched alkanes of at least 4 members (excludes halogenated alkanes) is 3. The molecule has 0 radical (unpaired) electrons. The molecule has 0 saturated heterocycles. The quantitative estimate of drug-likeness (QED) is 0.518. The number of carbonyl (C=O) groups is 1. The van der Waals surface area contributed by atoms with Gasteiger partial charge in [-0.05, 0) is 43.7 Å². The van der Waals surface area contributed by atoms with Gasteiger partial charge in [-0.1, -0.05) is 43.2 Å². The van der Waals surface area contributed by atoms with Crippen molar-refractivity contribution in [2.45, 2.75) is 37.0 Å². The van der Waals surface area contributed by atoms with Gasteiger partial charge >= 0.3 is 0 Å². The maximum Gasteiger partial charge on any atom is 0.261 e. The number of hydrogen-bond donors (Lipinski definition) is 3. The van der Waals surface area contributed by atoms with Crippen molar-refractivity contribution in [3.8, 4) is 0 Å². The van der Waals surface area contributed by atoms with Crippen LogP contribution < -0.4 is 15.8 Å². The maximum atomic E-state index is 12.5. The Labute approximate surface area is 167 Å². The van der Waals surface area contributed by atoms with Gasteiger partial charge in [0.2, 0.25) is 5.91 Å². The molecule has 0 spiro atoms. The van der Waals surface area contributed by atoms with Gasteiger partial charge in [-0.2, -0.15) is 0 Å². The van der Waals surface area contributed by atoms with Crippen LogP contribution in [0.1, 0.15) is 32.1 Å². The molecule has 27 heavy (non-hydrogen) atoms. The highest BCUT2D eigenvalue weighted by Gasteiger charge is 2.16. The molecule has 0 saturated carbocycles. The molecule has 4 N–H and O–H groups in total. The van der Waals surface area contributed by atoms with E-state index in [9.17, 15) is 13.2 Å². The van der Waals surface area contributed by atoms with Gasteiger partial charge in [0, 0.05) is 6.42 Å². The Balaban J connectivity index is 0.00000364. The molecule has 0 aliphatic rings. The summed E-state index contributed by atoms with van der Waals surface area (Å²) in [5.74, 6) is -0.135. The third-order valence-electron chi connectivity index (χ3n) is 3.86. The molecule has 2 aromatic rings. The first-order valence-electron chi connectivity index (χ1n) is 8.70. The van der Waals surface area contributed by atoms with Crippen LogP contribution in [0, 0.1) is 0 Å². The molecule has 0 atom stereocenters. The van der Waals surface area contributed by atoms with Crippen LogP contribution in [-0.2, 0) is 14.8 Å². The Kier molecular flexibility index (Phi) is 9.85. The normalized spacial score (nSPS) is 10.7. The summed E-state index contributed by atoms with van der Waals surface area (Å²) < 4.78 is 27.5. The predicted octanol–water partition coefficient (Wildman–Crippen LogP) is 3.76. The van der Waals surface area contributed by atoms with E-state index in [1.807, 2.05) is 0 Å². The van der Waals surface area contributed by atoms with Gasteiger partial charge in [0.15, 0.2) is 0 Å². The van der Waals surface area contributed by atoms with Gasteiger partial charge in [-0.3, -0.25) is 9.52 Å². The second-order valence-electron chi connectivity index (χ2n) is 5.97. The van der Waals surface area contributed by atoms with Gasteiger partial charge in [-0.25, -0.2) is 8.42 Å². The Bertz CT molecular complexity index is 814. The molecular formula is C19H26ClN3O3S. The van der Waals surface area contributed by atoms with E-state index < -0.39 is 10.0 Å². The minimum absolute atomic E-state index is 0. The zero-order valence-electron chi connectivity index (χ0n) is 15.1. The van der Waals surface area contributed by atoms with Crippen LogP contribution in [0.25, 0.3) is 0 Å². The molecular weight excluding hydrogens is 386 g/mol. The predicted molar refractivity (Wildman–Crippen MR) is 112 cm³/mol. The Hall–Kier alpha value is -2.09. The lowest BCUT2D eigenvalue weighted by Crippen LogP contribution is -2.17. The molecule has 2 rings (SSSR count). The van der Waals surface area contributed by atoms with Crippen LogP contribution in [0.3, 0.4) is 0 Å². The summed E-state index contributed by atoms with van der Waals surface area (Å²) in [7, 11) is -3.71. The fourth-order valence-corrected chi connectivity index (χ4v) is 3.58. The molecule has 148 valence electrons. The van der Waals surface area contributed by atoms with Crippen molar-refractivity contribution in [3.05, 3.63) is 54.6 Å². The molecule has 2 aromatic carbocycles. The number of rotatable bonds is 10. The minimum Gasteiger partial charge on any atom is -0.330 e. The van der Waals surface area contributed by atoms with Gasteiger partial charge in [0.25, 0.3) is 10.0 Å². The van der Waals surface area contributed by atoms with Gasteiger partial charge in [0.05, 0.1) is 16.3 Å². The number of sulfonamides is 1. The van der Waals surface area contributed by atoms with Crippen molar-refractivity contribution in [2.24, 2.45) is 5.73 Å². The molecule has 0 aromatic heterocycles. The Morgan fingerprint density at radius 1 is 0.852 bits per heavy atom. The summed E-state index contributed by atoms with van der Waals surface area (Å²) in [6.45, 7) is 0.668. The largest absolute Gasteiger partial charge is 0.330 e. The summed E-state index contributed by atoms with van der Waals surface area (Å²) in [4.78, 5) is 12.3. The first kappa shape index (κ1) is 23.0. The van der Waals surface area contributed by atoms with Crippen LogP contribution in [-0.4, -0.2) is 20.9 Å². The monoisotopic (exact) mass is 411 g/mol. The second-order valence-corrected chi connectivity index (χ2v) is 7.65. The molecule has 1 amide bonds. The third kappa shape index (κ3) is 7.58. The minimum atomic E-state index is -3.71. The van der Waals surface area contributed by atoms with Crippen molar-refractivity contribution in [2.75, 3.05) is 16.6 Å². The van der Waals surface area contributed by atoms with Gasteiger partial charge in [0.1, 0.15) is 0 Å².